The van der Waals surface area contributed by atoms with Crippen molar-refractivity contribution in [3.63, 3.8) is 0 Å². The lowest BCUT2D eigenvalue weighted by Crippen LogP contribution is -2.16. The van der Waals surface area contributed by atoms with E-state index in [-0.39, 0.29) is 11.7 Å². The molecule has 3 aromatic heterocycles. The van der Waals surface area contributed by atoms with Crippen molar-refractivity contribution in [2.75, 3.05) is 12.8 Å². The Bertz CT molecular complexity index is 1110. The molecule has 1 aromatic carbocycles. The summed E-state index contributed by atoms with van der Waals surface area (Å²) in [6, 6.07) is 10.2. The van der Waals surface area contributed by atoms with Crippen LogP contribution in [0.25, 0.3) is 22.4 Å². The number of aromatic nitrogens is 4. The third-order valence-corrected chi connectivity index (χ3v) is 3.91. The van der Waals surface area contributed by atoms with Crippen molar-refractivity contribution in [2.24, 2.45) is 0 Å². The van der Waals surface area contributed by atoms with Crippen molar-refractivity contribution in [2.45, 2.75) is 6.92 Å². The Balaban J connectivity index is 1.69. The number of fused-ring (bicyclic) bond motifs is 1. The molecule has 0 bridgehead atoms. The second-order valence-electron chi connectivity index (χ2n) is 5.68. The second kappa shape index (κ2) is 5.99. The molecule has 0 aliphatic carbocycles. The van der Waals surface area contributed by atoms with Gasteiger partial charge in [0.25, 0.3) is 5.91 Å². The molecular weight excluding hydrogens is 334 g/mol. The van der Waals surface area contributed by atoms with Gasteiger partial charge in [-0.25, -0.2) is 9.97 Å². The van der Waals surface area contributed by atoms with Gasteiger partial charge in [0.05, 0.1) is 12.8 Å². The van der Waals surface area contributed by atoms with Crippen LogP contribution in [0.5, 0.6) is 5.88 Å². The zero-order valence-corrected chi connectivity index (χ0v) is 14.1. The number of rotatable bonds is 3. The first kappa shape index (κ1) is 15.8. The Morgan fingerprint density at radius 1 is 1.23 bits per heavy atom. The van der Waals surface area contributed by atoms with Crippen LogP contribution in [-0.2, 0) is 0 Å². The normalized spacial score (nSPS) is 11.0. The van der Waals surface area contributed by atoms with E-state index in [4.69, 9.17) is 14.9 Å². The summed E-state index contributed by atoms with van der Waals surface area (Å²) in [7, 11) is 1.54. The van der Waals surface area contributed by atoms with Crippen LogP contribution in [0.15, 0.2) is 47.0 Å². The third-order valence-electron chi connectivity index (χ3n) is 3.91. The SMILES string of the molecule is COc1ccc(-c2cc(N)n(C(=O)c3ccc4nc(C)oc4c3)n2)cn1. The van der Waals surface area contributed by atoms with Crippen LogP contribution in [0, 0.1) is 6.92 Å². The fourth-order valence-electron chi connectivity index (χ4n) is 2.65. The lowest BCUT2D eigenvalue weighted by Gasteiger charge is -2.02. The number of benzene rings is 1. The largest absolute Gasteiger partial charge is 0.481 e. The molecule has 130 valence electrons. The molecule has 8 heteroatoms. The van der Waals surface area contributed by atoms with Crippen molar-refractivity contribution in [3.8, 4) is 17.1 Å². The number of carbonyl (C=O) groups is 1. The summed E-state index contributed by atoms with van der Waals surface area (Å²) < 4.78 is 11.7. The topological polar surface area (TPSA) is 109 Å². The summed E-state index contributed by atoms with van der Waals surface area (Å²) in [5.74, 6) is 0.909. The molecule has 0 unspecified atom stereocenters. The highest BCUT2D eigenvalue weighted by Crippen LogP contribution is 2.23. The fourth-order valence-corrected chi connectivity index (χ4v) is 2.65. The first-order chi connectivity index (χ1) is 12.5. The lowest BCUT2D eigenvalue weighted by molar-refractivity contribution is 0.0948. The molecule has 8 nitrogen and oxygen atoms in total. The Morgan fingerprint density at radius 3 is 2.81 bits per heavy atom. The summed E-state index contributed by atoms with van der Waals surface area (Å²) in [6.07, 6.45) is 1.61. The molecule has 0 aliphatic rings. The molecular formula is C18H15N5O3. The van der Waals surface area contributed by atoms with E-state index in [0.29, 0.717) is 34.1 Å². The third kappa shape index (κ3) is 2.67. The highest BCUT2D eigenvalue weighted by atomic mass is 16.5. The van der Waals surface area contributed by atoms with Crippen molar-refractivity contribution in [1.29, 1.82) is 0 Å². The van der Waals surface area contributed by atoms with E-state index in [2.05, 4.69) is 15.1 Å². The maximum Gasteiger partial charge on any atom is 0.280 e. The van der Waals surface area contributed by atoms with Crippen molar-refractivity contribution >= 4 is 22.8 Å². The summed E-state index contributed by atoms with van der Waals surface area (Å²) in [5, 5.41) is 4.31. The van der Waals surface area contributed by atoms with Gasteiger partial charge in [0.1, 0.15) is 11.3 Å². The number of hydrogen-bond donors (Lipinski definition) is 1. The molecule has 0 amide bonds. The van der Waals surface area contributed by atoms with E-state index in [1.54, 1.807) is 56.6 Å². The molecule has 0 saturated heterocycles. The number of pyridine rings is 1. The first-order valence-electron chi connectivity index (χ1n) is 7.83. The molecule has 0 fully saturated rings. The van der Waals surface area contributed by atoms with E-state index >= 15 is 0 Å². The smallest absolute Gasteiger partial charge is 0.280 e. The zero-order valence-electron chi connectivity index (χ0n) is 14.1. The van der Waals surface area contributed by atoms with Crippen LogP contribution in [0.2, 0.25) is 0 Å². The van der Waals surface area contributed by atoms with Crippen molar-refractivity contribution in [3.05, 3.63) is 54.0 Å². The summed E-state index contributed by atoms with van der Waals surface area (Å²) in [5.41, 5.74) is 8.90. The van der Waals surface area contributed by atoms with E-state index in [1.165, 1.54) is 0 Å². The molecule has 0 atom stereocenters. The second-order valence-corrected chi connectivity index (χ2v) is 5.68. The van der Waals surface area contributed by atoms with Crippen LogP contribution in [0.4, 0.5) is 5.82 Å². The minimum atomic E-state index is -0.355. The molecule has 3 heterocycles. The molecule has 0 radical (unpaired) electrons. The van der Waals surface area contributed by atoms with Crippen LogP contribution < -0.4 is 10.5 Å². The monoisotopic (exact) mass is 349 g/mol. The summed E-state index contributed by atoms with van der Waals surface area (Å²) in [4.78, 5) is 21.1. The van der Waals surface area contributed by atoms with Crippen LogP contribution in [0.1, 0.15) is 16.2 Å². The number of ether oxygens (including phenoxy) is 1. The van der Waals surface area contributed by atoms with Crippen LogP contribution >= 0.6 is 0 Å². The van der Waals surface area contributed by atoms with Crippen molar-refractivity contribution < 1.29 is 13.9 Å². The number of nitrogens with two attached hydrogens (primary N) is 1. The number of methoxy groups -OCH3 is 1. The van der Waals surface area contributed by atoms with Gasteiger partial charge in [-0.1, -0.05) is 0 Å². The van der Waals surface area contributed by atoms with Crippen molar-refractivity contribution in [1.82, 2.24) is 19.7 Å². The minimum Gasteiger partial charge on any atom is -0.481 e. The average Bonchev–Trinajstić information content (AvgIpc) is 3.22. The lowest BCUT2D eigenvalue weighted by atomic mass is 10.2. The number of aryl methyl sites for hydroxylation is 1. The molecule has 0 aliphatic heterocycles. The van der Waals surface area contributed by atoms with Gasteiger partial charge < -0.3 is 14.9 Å². The quantitative estimate of drug-likeness (QED) is 0.605. The zero-order chi connectivity index (χ0) is 18.3. The average molecular weight is 349 g/mol. The van der Waals surface area contributed by atoms with Gasteiger partial charge in [0.2, 0.25) is 5.88 Å². The predicted molar refractivity (Wildman–Crippen MR) is 94.9 cm³/mol. The maximum absolute atomic E-state index is 12.8. The standard InChI is InChI=1S/C18H15N5O3/c1-10-21-13-5-3-11(7-15(13)26-10)18(24)23-16(19)8-14(22-23)12-4-6-17(25-2)20-9-12/h3-9H,19H2,1-2H3. The molecule has 4 rings (SSSR count). The molecule has 0 saturated carbocycles. The molecule has 26 heavy (non-hydrogen) atoms. The molecule has 0 spiro atoms. The highest BCUT2D eigenvalue weighted by molar-refractivity contribution is 5.99. The maximum atomic E-state index is 12.8. The fraction of sp³-hybridized carbons (Fsp3) is 0.111. The van der Waals surface area contributed by atoms with Gasteiger partial charge in [-0.15, -0.1) is 0 Å². The van der Waals surface area contributed by atoms with E-state index in [1.807, 2.05) is 0 Å². The Hall–Kier alpha value is -3.68. The summed E-state index contributed by atoms with van der Waals surface area (Å²) >= 11 is 0. The highest BCUT2D eigenvalue weighted by Gasteiger charge is 2.17. The number of carbonyl (C=O) groups excluding carboxylic acids is 1. The number of nitrogens with zero attached hydrogens (tertiary/aromatic N) is 4. The summed E-state index contributed by atoms with van der Waals surface area (Å²) in [6.45, 7) is 1.75. The number of oxazole rings is 1. The van der Waals surface area contributed by atoms with Gasteiger partial charge in [0.15, 0.2) is 11.5 Å². The van der Waals surface area contributed by atoms with E-state index in [9.17, 15) is 4.79 Å². The number of anilines is 1. The van der Waals surface area contributed by atoms with Crippen LogP contribution in [0.3, 0.4) is 0 Å². The first-order valence-corrected chi connectivity index (χ1v) is 7.83. The van der Waals surface area contributed by atoms with Crippen LogP contribution in [-0.4, -0.2) is 32.8 Å². The number of hydrogen-bond acceptors (Lipinski definition) is 7. The van der Waals surface area contributed by atoms with Gasteiger partial charge in [-0.2, -0.15) is 9.78 Å². The van der Waals surface area contributed by atoms with E-state index < -0.39 is 0 Å². The minimum absolute atomic E-state index is 0.231. The Morgan fingerprint density at radius 2 is 2.08 bits per heavy atom. The Kier molecular flexibility index (Phi) is 3.65. The van der Waals surface area contributed by atoms with Gasteiger partial charge in [0, 0.05) is 36.4 Å². The number of nitrogen functional groups attached to an aromatic ring is 1. The van der Waals surface area contributed by atoms with Gasteiger partial charge in [-0.05, 0) is 24.3 Å². The molecule has 2 N–H and O–H groups in total. The predicted octanol–water partition coefficient (Wildman–Crippen LogP) is 2.67. The van der Waals surface area contributed by atoms with Gasteiger partial charge in [-0.3, -0.25) is 4.79 Å². The molecule has 4 aromatic rings. The van der Waals surface area contributed by atoms with Gasteiger partial charge >= 0.3 is 0 Å². The Labute approximate surface area is 148 Å². The van der Waals surface area contributed by atoms with E-state index in [0.717, 1.165) is 10.2 Å².